The maximum Gasteiger partial charge on any atom is 0.159 e. The predicted molar refractivity (Wildman–Crippen MR) is 49.8 cm³/mol. The first-order chi connectivity index (χ1) is 6.11. The van der Waals surface area contributed by atoms with Gasteiger partial charge in [-0.2, -0.15) is 0 Å². The quantitative estimate of drug-likeness (QED) is 0.658. The monoisotopic (exact) mass is 208 g/mol. The van der Waals surface area contributed by atoms with Gasteiger partial charge < -0.3 is 14.4 Å². The Morgan fingerprint density at radius 2 is 2.08 bits per heavy atom. The van der Waals surface area contributed by atoms with E-state index >= 15 is 0 Å². The van der Waals surface area contributed by atoms with Crippen LogP contribution in [-0.2, 0) is 15.8 Å². The molecule has 0 amide bonds. The highest BCUT2D eigenvalue weighted by Gasteiger charge is 2.43. The van der Waals surface area contributed by atoms with Crippen molar-refractivity contribution in [2.24, 2.45) is 5.92 Å². The van der Waals surface area contributed by atoms with E-state index < -0.39 is 22.4 Å². The highest BCUT2D eigenvalue weighted by molar-refractivity contribution is 7.80. The first kappa shape index (κ1) is 11.1. The van der Waals surface area contributed by atoms with Gasteiger partial charge in [0, 0.05) is 5.92 Å². The van der Waals surface area contributed by atoms with Crippen LogP contribution >= 0.6 is 0 Å². The summed E-state index contributed by atoms with van der Waals surface area (Å²) in [7, 11) is 0. The molecule has 13 heavy (non-hydrogen) atoms. The molecular formula is C8H16O4S. The summed E-state index contributed by atoms with van der Waals surface area (Å²) in [5, 5.41) is 8.50. The molecule has 0 aromatic rings. The molecule has 5 heteroatoms. The van der Waals surface area contributed by atoms with Crippen LogP contribution in [0.25, 0.3) is 0 Å². The molecule has 1 aliphatic rings. The Morgan fingerprint density at radius 1 is 1.46 bits per heavy atom. The highest BCUT2D eigenvalue weighted by Crippen LogP contribution is 2.31. The van der Waals surface area contributed by atoms with Gasteiger partial charge in [0.2, 0.25) is 0 Å². The molecule has 0 aromatic carbocycles. The van der Waals surface area contributed by atoms with Gasteiger partial charge in [0.1, 0.15) is 0 Å². The van der Waals surface area contributed by atoms with E-state index in [1.165, 1.54) is 0 Å². The normalized spacial score (nSPS) is 42.2. The fourth-order valence-corrected chi connectivity index (χ4v) is 2.86. The number of aliphatic hydroxyl groups excluding tert-OH is 1. The lowest BCUT2D eigenvalue weighted by atomic mass is 10.00. The molecule has 1 aliphatic heterocycles. The van der Waals surface area contributed by atoms with Gasteiger partial charge in [0.25, 0.3) is 0 Å². The fraction of sp³-hybridized carbons (Fsp3) is 1.00. The molecule has 0 radical (unpaired) electrons. The maximum atomic E-state index is 11.0. The smallest absolute Gasteiger partial charge is 0.159 e. The number of hydrogen-bond donors (Lipinski definition) is 2. The molecule has 1 rings (SSSR count). The van der Waals surface area contributed by atoms with E-state index in [0.717, 1.165) is 6.42 Å². The molecule has 78 valence electrons. The minimum Gasteiger partial charge on any atom is -0.394 e. The molecule has 5 atom stereocenters. The zero-order valence-corrected chi connectivity index (χ0v) is 8.66. The molecular weight excluding hydrogens is 192 g/mol. The minimum atomic E-state index is -1.91. The van der Waals surface area contributed by atoms with Crippen LogP contribution in [0.3, 0.4) is 0 Å². The van der Waals surface area contributed by atoms with Gasteiger partial charge in [-0.25, -0.2) is 4.21 Å². The average Bonchev–Trinajstić information content (AvgIpc) is 2.41. The van der Waals surface area contributed by atoms with Crippen LogP contribution in [0.5, 0.6) is 0 Å². The van der Waals surface area contributed by atoms with Gasteiger partial charge >= 0.3 is 0 Å². The average molecular weight is 208 g/mol. The van der Waals surface area contributed by atoms with Crippen molar-refractivity contribution in [2.45, 2.75) is 37.7 Å². The van der Waals surface area contributed by atoms with Gasteiger partial charge in [-0.15, -0.1) is 0 Å². The lowest BCUT2D eigenvalue weighted by molar-refractivity contribution is 0.00535. The fourth-order valence-electron chi connectivity index (χ4n) is 1.90. The maximum absolute atomic E-state index is 11.0. The second-order valence-electron chi connectivity index (χ2n) is 3.40. The molecule has 0 aromatic heterocycles. The molecule has 2 N–H and O–H groups in total. The Bertz CT molecular complexity index is 195. The standard InChI is InChI=1S/C8H16O4S/c1-3-6-5(2)8(13(10)11)7(4-9)12-6/h5-9H,3-4H2,1-2H3,(H,10,11). The molecule has 4 nitrogen and oxygen atoms in total. The zero-order valence-electron chi connectivity index (χ0n) is 7.84. The van der Waals surface area contributed by atoms with Crippen molar-refractivity contribution in [1.82, 2.24) is 0 Å². The number of ether oxygens (including phenoxy) is 1. The van der Waals surface area contributed by atoms with E-state index in [4.69, 9.17) is 14.4 Å². The molecule has 5 unspecified atom stereocenters. The summed E-state index contributed by atoms with van der Waals surface area (Å²) in [4.78, 5) is 0. The van der Waals surface area contributed by atoms with Gasteiger partial charge in [-0.1, -0.05) is 13.8 Å². The topological polar surface area (TPSA) is 66.8 Å². The summed E-state index contributed by atoms with van der Waals surface area (Å²) in [5.41, 5.74) is 0. The number of hydrogen-bond acceptors (Lipinski definition) is 3. The van der Waals surface area contributed by atoms with Gasteiger partial charge in [0.15, 0.2) is 11.1 Å². The Hall–Kier alpha value is 0.0300. The summed E-state index contributed by atoms with van der Waals surface area (Å²) in [5.74, 6) is 0.0352. The Labute approximate surface area is 80.6 Å². The highest BCUT2D eigenvalue weighted by atomic mass is 32.2. The van der Waals surface area contributed by atoms with Crippen molar-refractivity contribution in [2.75, 3.05) is 6.61 Å². The number of rotatable bonds is 3. The molecule has 1 heterocycles. The Morgan fingerprint density at radius 3 is 2.38 bits per heavy atom. The molecule has 1 saturated heterocycles. The van der Waals surface area contributed by atoms with Crippen LogP contribution in [0.2, 0.25) is 0 Å². The van der Waals surface area contributed by atoms with E-state index in [-0.39, 0.29) is 18.6 Å². The van der Waals surface area contributed by atoms with Crippen LogP contribution < -0.4 is 0 Å². The molecule has 0 saturated carbocycles. The third-order valence-corrected chi connectivity index (χ3v) is 3.83. The zero-order chi connectivity index (χ0) is 10.0. The summed E-state index contributed by atoms with van der Waals surface area (Å²) in [6.45, 7) is 3.68. The summed E-state index contributed by atoms with van der Waals surface area (Å²) < 4.78 is 25.4. The van der Waals surface area contributed by atoms with Crippen molar-refractivity contribution in [1.29, 1.82) is 0 Å². The molecule has 0 aliphatic carbocycles. The minimum absolute atomic E-state index is 0.00162. The van der Waals surface area contributed by atoms with Crippen LogP contribution in [0, 0.1) is 5.92 Å². The first-order valence-electron chi connectivity index (χ1n) is 4.47. The van der Waals surface area contributed by atoms with E-state index in [1.54, 1.807) is 0 Å². The van der Waals surface area contributed by atoms with Crippen molar-refractivity contribution in [3.8, 4) is 0 Å². The van der Waals surface area contributed by atoms with Crippen molar-refractivity contribution in [3.63, 3.8) is 0 Å². The molecule has 1 fully saturated rings. The predicted octanol–water partition coefficient (Wildman–Crippen LogP) is 0.382. The van der Waals surface area contributed by atoms with Gasteiger partial charge in [0.05, 0.1) is 24.1 Å². The van der Waals surface area contributed by atoms with Crippen LogP contribution in [0.4, 0.5) is 0 Å². The van der Waals surface area contributed by atoms with Gasteiger partial charge in [-0.05, 0) is 6.42 Å². The summed E-state index contributed by atoms with van der Waals surface area (Å²) in [6, 6.07) is 0. The second-order valence-corrected chi connectivity index (χ2v) is 4.50. The van der Waals surface area contributed by atoms with Crippen molar-refractivity contribution >= 4 is 11.1 Å². The third-order valence-electron chi connectivity index (χ3n) is 2.64. The van der Waals surface area contributed by atoms with E-state index in [1.807, 2.05) is 13.8 Å². The van der Waals surface area contributed by atoms with Crippen molar-refractivity contribution in [3.05, 3.63) is 0 Å². The molecule has 0 bridgehead atoms. The van der Waals surface area contributed by atoms with Gasteiger partial charge in [-0.3, -0.25) is 0 Å². The van der Waals surface area contributed by atoms with E-state index in [2.05, 4.69) is 0 Å². The Balaban J connectivity index is 2.73. The molecule has 0 spiro atoms. The third kappa shape index (κ3) is 2.10. The lowest BCUT2D eigenvalue weighted by Gasteiger charge is -2.14. The lowest BCUT2D eigenvalue weighted by Crippen LogP contribution is -2.32. The van der Waals surface area contributed by atoms with Crippen LogP contribution in [-0.4, -0.2) is 37.9 Å². The Kier molecular flexibility index (Phi) is 3.85. The van der Waals surface area contributed by atoms with Crippen LogP contribution in [0.15, 0.2) is 0 Å². The number of aliphatic hydroxyl groups is 1. The second kappa shape index (κ2) is 4.50. The van der Waals surface area contributed by atoms with E-state index in [0.29, 0.717) is 0 Å². The summed E-state index contributed by atoms with van der Waals surface area (Å²) >= 11 is -1.91. The SMILES string of the molecule is CCC1OC(CO)C(S(=O)O)C1C. The summed E-state index contributed by atoms with van der Waals surface area (Å²) in [6.07, 6.45) is 0.329. The van der Waals surface area contributed by atoms with Crippen molar-refractivity contribution < 1.29 is 18.6 Å². The first-order valence-corrected chi connectivity index (χ1v) is 5.64. The van der Waals surface area contributed by atoms with Crippen LogP contribution in [0.1, 0.15) is 20.3 Å². The van der Waals surface area contributed by atoms with E-state index in [9.17, 15) is 4.21 Å². The largest absolute Gasteiger partial charge is 0.394 e.